The van der Waals surface area contributed by atoms with Crippen LogP contribution >= 0.6 is 0 Å². The van der Waals surface area contributed by atoms with Crippen molar-refractivity contribution >= 4 is 22.7 Å². The molecule has 0 bridgehead atoms. The normalized spacial score (nSPS) is 15.5. The summed E-state index contributed by atoms with van der Waals surface area (Å²) in [6.45, 7) is 2.88. The van der Waals surface area contributed by atoms with Crippen LogP contribution < -0.4 is 9.64 Å². The van der Waals surface area contributed by atoms with E-state index in [1.165, 1.54) is 24.3 Å². The summed E-state index contributed by atoms with van der Waals surface area (Å²) in [7, 11) is 0. The van der Waals surface area contributed by atoms with Crippen molar-refractivity contribution in [2.24, 2.45) is 0 Å². The summed E-state index contributed by atoms with van der Waals surface area (Å²) in [6, 6.07) is 12.6. The second-order valence-electron chi connectivity index (χ2n) is 6.16. The Morgan fingerprint density at radius 2 is 1.67 bits per heavy atom. The maximum Gasteiger partial charge on any atom is 0.226 e. The number of anilines is 1. The van der Waals surface area contributed by atoms with Gasteiger partial charge in [0.05, 0.1) is 17.9 Å². The van der Waals surface area contributed by atoms with Gasteiger partial charge in [-0.05, 0) is 48.5 Å². The molecule has 8 heteroatoms. The number of hydrogen-bond donors (Lipinski definition) is 1. The Morgan fingerprint density at radius 1 is 1.04 bits per heavy atom. The molecule has 3 rings (SSSR count). The van der Waals surface area contributed by atoms with Crippen molar-refractivity contribution in [3.8, 4) is 5.75 Å². The number of ether oxygens (including phenoxy) is 1. The second kappa shape index (κ2) is 8.96. The average molecular weight is 392 g/mol. The van der Waals surface area contributed by atoms with E-state index in [0.717, 1.165) is 5.69 Å². The minimum Gasteiger partial charge on any atom is -0.493 e. The first-order valence-electron chi connectivity index (χ1n) is 8.65. The fraction of sp³-hybridized carbons (Fsp3) is 0.316. The Labute approximate surface area is 159 Å². The number of halogens is 1. The summed E-state index contributed by atoms with van der Waals surface area (Å²) < 4.78 is 38.4. The number of rotatable bonds is 6. The molecule has 27 heavy (non-hydrogen) atoms. The molecule has 1 saturated heterocycles. The fourth-order valence-corrected chi connectivity index (χ4v) is 3.30. The topological polar surface area (TPSA) is 70.1 Å². The fourth-order valence-electron chi connectivity index (χ4n) is 2.93. The molecule has 0 aromatic heterocycles. The molecule has 1 fully saturated rings. The van der Waals surface area contributed by atoms with Gasteiger partial charge in [0, 0.05) is 31.9 Å². The molecule has 2 aromatic rings. The van der Waals surface area contributed by atoms with Gasteiger partial charge >= 0.3 is 0 Å². The van der Waals surface area contributed by atoms with Crippen LogP contribution in [-0.4, -0.2) is 52.4 Å². The molecule has 6 nitrogen and oxygen atoms in total. The summed E-state index contributed by atoms with van der Waals surface area (Å²) >= 11 is -1.97. The standard InChI is InChI=1S/C19H21FN2O4S/c20-15-1-5-17(6-2-15)26-14-9-19(23)22-12-10-21(11-13-22)16-3-7-18(8-4-16)27(24)25/h1-8H,9-14H2,(H,24,25). The average Bonchev–Trinajstić information content (AvgIpc) is 2.69. The number of amides is 1. The minimum atomic E-state index is -1.97. The molecule has 1 unspecified atom stereocenters. The quantitative estimate of drug-likeness (QED) is 0.765. The second-order valence-corrected chi connectivity index (χ2v) is 7.13. The molecule has 1 atom stereocenters. The van der Waals surface area contributed by atoms with Crippen LogP contribution in [0.3, 0.4) is 0 Å². The van der Waals surface area contributed by atoms with Gasteiger partial charge in [-0.3, -0.25) is 4.79 Å². The SMILES string of the molecule is O=C(CCOc1ccc(F)cc1)N1CCN(c2ccc(S(=O)O)cc2)CC1. The number of carbonyl (C=O) groups is 1. The van der Waals surface area contributed by atoms with Crippen LogP contribution in [0, 0.1) is 5.82 Å². The highest BCUT2D eigenvalue weighted by Gasteiger charge is 2.21. The maximum absolute atomic E-state index is 12.8. The molecule has 144 valence electrons. The molecule has 1 amide bonds. The summed E-state index contributed by atoms with van der Waals surface area (Å²) in [5.41, 5.74) is 0.968. The molecule has 0 aliphatic carbocycles. The van der Waals surface area contributed by atoms with Crippen molar-refractivity contribution in [1.82, 2.24) is 4.90 Å². The van der Waals surface area contributed by atoms with E-state index in [2.05, 4.69) is 4.90 Å². The summed E-state index contributed by atoms with van der Waals surface area (Å²) in [5, 5.41) is 0. The van der Waals surface area contributed by atoms with Crippen molar-refractivity contribution in [3.63, 3.8) is 0 Å². The Hall–Kier alpha value is -2.45. The van der Waals surface area contributed by atoms with Crippen LogP contribution in [0.15, 0.2) is 53.4 Å². The summed E-state index contributed by atoms with van der Waals surface area (Å²) in [6.07, 6.45) is 0.272. The molecule has 1 aliphatic rings. The molecule has 1 aliphatic heterocycles. The van der Waals surface area contributed by atoms with Crippen molar-refractivity contribution < 1.29 is 22.7 Å². The van der Waals surface area contributed by atoms with Crippen molar-refractivity contribution in [2.75, 3.05) is 37.7 Å². The van der Waals surface area contributed by atoms with Gasteiger partial charge in [-0.15, -0.1) is 0 Å². The molecule has 1 heterocycles. The number of hydrogen-bond acceptors (Lipinski definition) is 4. The van der Waals surface area contributed by atoms with Gasteiger partial charge in [0.25, 0.3) is 0 Å². The Kier molecular flexibility index (Phi) is 6.41. The Balaban J connectivity index is 1.43. The van der Waals surface area contributed by atoms with Gasteiger partial charge in [0.2, 0.25) is 5.91 Å². The van der Waals surface area contributed by atoms with Gasteiger partial charge in [-0.1, -0.05) is 0 Å². The third-order valence-electron chi connectivity index (χ3n) is 4.43. The first-order valence-corrected chi connectivity index (χ1v) is 9.75. The molecule has 0 spiro atoms. The lowest BCUT2D eigenvalue weighted by Crippen LogP contribution is -2.49. The Morgan fingerprint density at radius 3 is 2.26 bits per heavy atom. The number of benzene rings is 2. The molecule has 0 radical (unpaired) electrons. The molecule has 2 aromatic carbocycles. The molecular weight excluding hydrogens is 371 g/mol. The highest BCUT2D eigenvalue weighted by atomic mass is 32.2. The van der Waals surface area contributed by atoms with E-state index in [9.17, 15) is 13.4 Å². The zero-order valence-electron chi connectivity index (χ0n) is 14.7. The summed E-state index contributed by atoms with van der Waals surface area (Å²) in [4.78, 5) is 16.6. The predicted octanol–water partition coefficient (Wildman–Crippen LogP) is 2.52. The van der Waals surface area contributed by atoms with Crippen LogP contribution in [0.5, 0.6) is 5.75 Å². The zero-order valence-corrected chi connectivity index (χ0v) is 15.5. The first kappa shape index (κ1) is 19.3. The van der Waals surface area contributed by atoms with Gasteiger partial charge in [-0.2, -0.15) is 0 Å². The zero-order chi connectivity index (χ0) is 19.2. The largest absolute Gasteiger partial charge is 0.493 e. The monoisotopic (exact) mass is 392 g/mol. The van der Waals surface area contributed by atoms with Gasteiger partial charge in [-0.25, -0.2) is 8.60 Å². The predicted molar refractivity (Wildman–Crippen MR) is 101 cm³/mol. The highest BCUT2D eigenvalue weighted by molar-refractivity contribution is 7.79. The third-order valence-corrected chi connectivity index (χ3v) is 5.11. The van der Waals surface area contributed by atoms with Gasteiger partial charge in [0.1, 0.15) is 11.6 Å². The van der Waals surface area contributed by atoms with E-state index < -0.39 is 11.1 Å². The highest BCUT2D eigenvalue weighted by Crippen LogP contribution is 2.19. The first-order chi connectivity index (χ1) is 13.0. The van der Waals surface area contributed by atoms with E-state index in [1.54, 1.807) is 12.1 Å². The lowest BCUT2D eigenvalue weighted by atomic mass is 10.2. The number of piperazine rings is 1. The van der Waals surface area contributed by atoms with E-state index in [1.807, 2.05) is 17.0 Å². The van der Waals surface area contributed by atoms with Crippen LogP contribution in [-0.2, 0) is 15.9 Å². The van der Waals surface area contributed by atoms with Crippen LogP contribution in [0.1, 0.15) is 6.42 Å². The lowest BCUT2D eigenvalue weighted by molar-refractivity contribution is -0.132. The van der Waals surface area contributed by atoms with Crippen molar-refractivity contribution in [2.45, 2.75) is 11.3 Å². The van der Waals surface area contributed by atoms with E-state index >= 15 is 0 Å². The smallest absolute Gasteiger partial charge is 0.226 e. The molecule has 1 N–H and O–H groups in total. The molecular formula is C19H21FN2O4S. The molecule has 0 saturated carbocycles. The van der Waals surface area contributed by atoms with Crippen LogP contribution in [0.2, 0.25) is 0 Å². The Bertz CT molecular complexity index is 790. The maximum atomic E-state index is 12.8. The summed E-state index contributed by atoms with van der Waals surface area (Å²) in [5.74, 6) is 0.250. The van der Waals surface area contributed by atoms with Crippen LogP contribution in [0.25, 0.3) is 0 Å². The van der Waals surface area contributed by atoms with Crippen LogP contribution in [0.4, 0.5) is 10.1 Å². The van der Waals surface area contributed by atoms with E-state index in [-0.39, 0.29) is 24.8 Å². The van der Waals surface area contributed by atoms with Gasteiger partial charge in [0.15, 0.2) is 11.1 Å². The van der Waals surface area contributed by atoms with E-state index in [0.29, 0.717) is 36.8 Å². The van der Waals surface area contributed by atoms with Crippen molar-refractivity contribution in [3.05, 3.63) is 54.3 Å². The number of carbonyl (C=O) groups excluding carboxylic acids is 1. The van der Waals surface area contributed by atoms with Crippen molar-refractivity contribution in [1.29, 1.82) is 0 Å². The van der Waals surface area contributed by atoms with E-state index in [4.69, 9.17) is 9.29 Å². The van der Waals surface area contributed by atoms with Gasteiger partial charge < -0.3 is 19.1 Å². The lowest BCUT2D eigenvalue weighted by Gasteiger charge is -2.36. The minimum absolute atomic E-state index is 0.0304. The number of nitrogens with zero attached hydrogens (tertiary/aromatic N) is 2. The third kappa shape index (κ3) is 5.27.